The highest BCUT2D eigenvalue weighted by Gasteiger charge is 2.74. The third-order valence-corrected chi connectivity index (χ3v) is 9.68. The van der Waals surface area contributed by atoms with E-state index in [4.69, 9.17) is 0 Å². The van der Waals surface area contributed by atoms with Crippen molar-refractivity contribution < 1.29 is 4.79 Å². The van der Waals surface area contributed by atoms with E-state index in [1.807, 2.05) is 0 Å². The lowest BCUT2D eigenvalue weighted by Crippen LogP contribution is -2.52. The van der Waals surface area contributed by atoms with Crippen LogP contribution in [0.15, 0.2) is 11.6 Å². The van der Waals surface area contributed by atoms with Gasteiger partial charge in [-0.05, 0) is 90.4 Å². The summed E-state index contributed by atoms with van der Waals surface area (Å²) < 4.78 is 0. The van der Waals surface area contributed by atoms with Crippen LogP contribution < -0.4 is 0 Å². The molecule has 6 rings (SSSR count). The molecule has 10 atom stereocenters. The molecule has 0 N–H and O–H groups in total. The summed E-state index contributed by atoms with van der Waals surface area (Å²) in [7, 11) is 0. The number of nitriles is 1. The molecule has 24 heavy (non-hydrogen) atoms. The zero-order chi connectivity index (χ0) is 16.4. The van der Waals surface area contributed by atoms with E-state index in [0.29, 0.717) is 23.0 Å². The summed E-state index contributed by atoms with van der Waals surface area (Å²) in [4.78, 5) is 12.0. The molecule has 0 aromatic rings. The number of ketones is 1. The van der Waals surface area contributed by atoms with E-state index in [0.717, 1.165) is 48.3 Å². The standard InChI is InChI=1S/C22H27NO/c1-21-5-3-11(24)7-17(21)12-8-14(12)19-16(21)4-6-22(2)18(10-23)13-9-15(13)20(19)22/h7,12-16,18-20H,3-6,8-9H2,1-2H3/t12-,13?,14?,15?,16+,18?,19?,20?,21?,22?/m1/s1. The molecular weight excluding hydrogens is 294 g/mol. The molecule has 5 saturated carbocycles. The van der Waals surface area contributed by atoms with Crippen LogP contribution in [0.1, 0.15) is 52.4 Å². The molecule has 0 aromatic heterocycles. The van der Waals surface area contributed by atoms with Gasteiger partial charge in [0.15, 0.2) is 5.78 Å². The van der Waals surface area contributed by atoms with Crippen molar-refractivity contribution in [2.75, 3.05) is 0 Å². The van der Waals surface area contributed by atoms with Crippen molar-refractivity contribution in [3.05, 3.63) is 11.6 Å². The van der Waals surface area contributed by atoms with Gasteiger partial charge < -0.3 is 0 Å². The monoisotopic (exact) mass is 321 g/mol. The topological polar surface area (TPSA) is 40.9 Å². The van der Waals surface area contributed by atoms with Crippen LogP contribution in [0.4, 0.5) is 0 Å². The van der Waals surface area contributed by atoms with E-state index in [-0.39, 0.29) is 5.41 Å². The Morgan fingerprint density at radius 3 is 2.79 bits per heavy atom. The number of carbonyl (C=O) groups excluding carboxylic acids is 1. The first kappa shape index (κ1) is 14.1. The molecule has 2 heteroatoms. The lowest BCUT2D eigenvalue weighted by Gasteiger charge is -2.58. The summed E-state index contributed by atoms with van der Waals surface area (Å²) in [5.41, 5.74) is 2.11. The summed E-state index contributed by atoms with van der Waals surface area (Å²) in [5, 5.41) is 9.81. The van der Waals surface area contributed by atoms with Crippen molar-refractivity contribution in [2.45, 2.75) is 52.4 Å². The zero-order valence-electron chi connectivity index (χ0n) is 14.8. The fraction of sp³-hybridized carbons (Fsp3) is 0.818. The predicted molar refractivity (Wildman–Crippen MR) is 90.5 cm³/mol. The summed E-state index contributed by atoms with van der Waals surface area (Å²) in [6, 6.07) is 2.73. The van der Waals surface area contributed by atoms with Gasteiger partial charge in [-0.2, -0.15) is 5.26 Å². The van der Waals surface area contributed by atoms with Gasteiger partial charge in [0, 0.05) is 6.42 Å². The van der Waals surface area contributed by atoms with Gasteiger partial charge in [0.2, 0.25) is 0 Å². The van der Waals surface area contributed by atoms with E-state index in [1.165, 1.54) is 31.3 Å². The molecule has 0 heterocycles. The molecule has 0 spiro atoms. The number of carbonyl (C=O) groups is 1. The van der Waals surface area contributed by atoms with Crippen molar-refractivity contribution in [1.82, 2.24) is 0 Å². The SMILES string of the molecule is CC12CC[C@H]3C(C4C[C@H]4C4=CC(=O)CCC43C)C1C1CC1C2C#N. The Morgan fingerprint density at radius 1 is 1.17 bits per heavy atom. The summed E-state index contributed by atoms with van der Waals surface area (Å²) in [6.45, 7) is 4.95. The Morgan fingerprint density at radius 2 is 2.00 bits per heavy atom. The predicted octanol–water partition coefficient (Wildman–Crippen LogP) is 4.37. The van der Waals surface area contributed by atoms with Gasteiger partial charge in [-0.3, -0.25) is 4.79 Å². The fourth-order valence-electron chi connectivity index (χ4n) is 8.59. The number of fused-ring (bicyclic) bond motifs is 10. The molecule has 0 amide bonds. The van der Waals surface area contributed by atoms with E-state index in [9.17, 15) is 10.1 Å². The van der Waals surface area contributed by atoms with Gasteiger partial charge in [-0.15, -0.1) is 0 Å². The van der Waals surface area contributed by atoms with Gasteiger partial charge in [0.05, 0.1) is 12.0 Å². The fourth-order valence-corrected chi connectivity index (χ4v) is 8.59. The Balaban J connectivity index is 1.45. The lowest BCUT2D eigenvalue weighted by atomic mass is 9.46. The average Bonchev–Trinajstić information content (AvgIpc) is 3.44. The second-order valence-electron chi connectivity index (χ2n) is 10.4. The Hall–Kier alpha value is -1.10. The minimum Gasteiger partial charge on any atom is -0.295 e. The van der Waals surface area contributed by atoms with Crippen molar-refractivity contribution in [3.63, 3.8) is 0 Å². The van der Waals surface area contributed by atoms with Crippen molar-refractivity contribution in [2.24, 2.45) is 58.2 Å². The van der Waals surface area contributed by atoms with Crippen molar-refractivity contribution in [3.8, 4) is 6.07 Å². The maximum Gasteiger partial charge on any atom is 0.155 e. The number of hydrogen-bond acceptors (Lipinski definition) is 2. The lowest BCUT2D eigenvalue weighted by molar-refractivity contribution is -0.118. The quantitative estimate of drug-likeness (QED) is 0.665. The van der Waals surface area contributed by atoms with Crippen LogP contribution in [0, 0.1) is 69.5 Å². The molecule has 126 valence electrons. The third-order valence-electron chi connectivity index (χ3n) is 9.68. The van der Waals surface area contributed by atoms with E-state index < -0.39 is 0 Å². The molecule has 6 aliphatic carbocycles. The molecule has 6 aliphatic rings. The van der Waals surface area contributed by atoms with Crippen molar-refractivity contribution >= 4 is 5.78 Å². The van der Waals surface area contributed by atoms with Crippen LogP contribution in [-0.2, 0) is 4.79 Å². The molecule has 2 nitrogen and oxygen atoms in total. The van der Waals surface area contributed by atoms with Crippen LogP contribution in [0.5, 0.6) is 0 Å². The van der Waals surface area contributed by atoms with Crippen molar-refractivity contribution in [1.29, 1.82) is 5.26 Å². The highest BCUT2D eigenvalue weighted by molar-refractivity contribution is 5.92. The second kappa shape index (κ2) is 4.00. The largest absolute Gasteiger partial charge is 0.295 e. The van der Waals surface area contributed by atoms with Crippen LogP contribution in [0.2, 0.25) is 0 Å². The number of nitrogens with zero attached hydrogens (tertiary/aromatic N) is 1. The molecule has 0 bridgehead atoms. The van der Waals surface area contributed by atoms with Gasteiger partial charge in [0.25, 0.3) is 0 Å². The first-order valence-electron chi connectivity index (χ1n) is 10.1. The first-order chi connectivity index (χ1) is 11.5. The second-order valence-corrected chi connectivity index (χ2v) is 10.4. The van der Waals surface area contributed by atoms with Gasteiger partial charge >= 0.3 is 0 Å². The van der Waals surface area contributed by atoms with Gasteiger partial charge in [0.1, 0.15) is 0 Å². The van der Waals surface area contributed by atoms with Crippen LogP contribution in [0.3, 0.4) is 0 Å². The Labute approximate surface area is 144 Å². The summed E-state index contributed by atoms with van der Waals surface area (Å²) in [6.07, 6.45) is 9.11. The number of allylic oxidation sites excluding steroid dienone is 1. The molecular formula is C22H27NO. The molecule has 0 radical (unpaired) electrons. The highest BCUT2D eigenvalue weighted by atomic mass is 16.1. The van der Waals surface area contributed by atoms with Crippen LogP contribution in [0.25, 0.3) is 0 Å². The van der Waals surface area contributed by atoms with E-state index in [2.05, 4.69) is 26.0 Å². The molecule has 0 saturated heterocycles. The first-order valence-corrected chi connectivity index (χ1v) is 10.1. The highest BCUT2D eigenvalue weighted by Crippen LogP contribution is 2.79. The van der Waals surface area contributed by atoms with Gasteiger partial charge in [-0.25, -0.2) is 0 Å². The zero-order valence-corrected chi connectivity index (χ0v) is 14.8. The summed E-state index contributed by atoms with van der Waals surface area (Å²) in [5.74, 6) is 6.24. The minimum absolute atomic E-state index is 0.284. The van der Waals surface area contributed by atoms with Crippen LogP contribution >= 0.6 is 0 Å². The molecule has 8 unspecified atom stereocenters. The van der Waals surface area contributed by atoms with Gasteiger partial charge in [-0.1, -0.05) is 19.4 Å². The van der Waals surface area contributed by atoms with E-state index in [1.54, 1.807) is 0 Å². The average molecular weight is 321 g/mol. The molecule has 0 aromatic carbocycles. The van der Waals surface area contributed by atoms with Crippen LogP contribution in [-0.4, -0.2) is 5.78 Å². The maximum absolute atomic E-state index is 12.0. The number of hydrogen-bond donors (Lipinski definition) is 0. The van der Waals surface area contributed by atoms with E-state index >= 15 is 0 Å². The number of rotatable bonds is 0. The third kappa shape index (κ3) is 1.40. The normalized spacial score (nSPS) is 62.2. The Bertz CT molecular complexity index is 731. The molecule has 5 fully saturated rings. The minimum atomic E-state index is 0.284. The smallest absolute Gasteiger partial charge is 0.155 e. The summed E-state index contributed by atoms with van der Waals surface area (Å²) >= 11 is 0. The maximum atomic E-state index is 12.0. The Kier molecular flexibility index (Phi) is 2.35. The molecule has 0 aliphatic heterocycles.